The number of hydrogen-bond donors (Lipinski definition) is 3. The minimum atomic E-state index is 0. The van der Waals surface area contributed by atoms with Crippen molar-refractivity contribution in [2.45, 2.75) is 26.9 Å². The normalized spacial score (nSPS) is 11.0. The van der Waals surface area contributed by atoms with E-state index in [0.717, 1.165) is 42.0 Å². The topological polar surface area (TPSA) is 70.6 Å². The number of benzene rings is 1. The number of ether oxygens (including phenoxy) is 1. The summed E-state index contributed by atoms with van der Waals surface area (Å²) in [5, 5.41) is 11.1. The average molecular weight is 489 g/mol. The first-order chi connectivity index (χ1) is 12.1. The number of anilines is 1. The van der Waals surface area contributed by atoms with Gasteiger partial charge in [0.2, 0.25) is 0 Å². The van der Waals surface area contributed by atoms with Crippen LogP contribution in [0, 0.1) is 13.8 Å². The number of methoxy groups -OCH3 is 1. The summed E-state index contributed by atoms with van der Waals surface area (Å²) in [5.41, 5.74) is 3.38. The van der Waals surface area contributed by atoms with Gasteiger partial charge in [-0.15, -0.1) is 35.3 Å². The molecule has 2 aromatic rings. The fourth-order valence-electron chi connectivity index (χ4n) is 2.35. The lowest BCUT2D eigenvalue weighted by Crippen LogP contribution is -2.36. The molecule has 0 spiro atoms. The van der Waals surface area contributed by atoms with Crippen LogP contribution in [-0.4, -0.2) is 38.3 Å². The summed E-state index contributed by atoms with van der Waals surface area (Å²) >= 11 is 1.72. The molecule has 0 atom stereocenters. The Bertz CT molecular complexity index is 687. The molecule has 0 fully saturated rings. The lowest BCUT2D eigenvalue weighted by atomic mass is 10.2. The Hall–Kier alpha value is -1.39. The highest BCUT2D eigenvalue weighted by Crippen LogP contribution is 2.16. The van der Waals surface area contributed by atoms with Crippen molar-refractivity contribution in [1.29, 1.82) is 0 Å². The van der Waals surface area contributed by atoms with E-state index in [2.05, 4.69) is 50.2 Å². The molecule has 0 aliphatic rings. The van der Waals surface area contributed by atoms with E-state index in [1.165, 1.54) is 10.4 Å². The molecule has 3 N–H and O–H groups in total. The molecule has 8 heteroatoms. The maximum Gasteiger partial charge on any atom is 0.191 e. The zero-order valence-corrected chi connectivity index (χ0v) is 18.9. The highest BCUT2D eigenvalue weighted by atomic mass is 127. The number of nitrogens with one attached hydrogen (secondary N) is 3. The number of halogens is 1. The van der Waals surface area contributed by atoms with Gasteiger partial charge in [0.1, 0.15) is 0 Å². The van der Waals surface area contributed by atoms with Gasteiger partial charge in [-0.05, 0) is 31.5 Å². The van der Waals surface area contributed by atoms with E-state index in [-0.39, 0.29) is 24.0 Å². The summed E-state index contributed by atoms with van der Waals surface area (Å²) in [6.07, 6.45) is 0. The van der Waals surface area contributed by atoms with Gasteiger partial charge in [-0.25, -0.2) is 4.98 Å². The van der Waals surface area contributed by atoms with Gasteiger partial charge in [0.05, 0.1) is 23.9 Å². The molecule has 6 nitrogen and oxygen atoms in total. The van der Waals surface area contributed by atoms with Gasteiger partial charge in [-0.3, -0.25) is 4.99 Å². The first kappa shape index (κ1) is 22.7. The molecule has 0 saturated carbocycles. The second-order valence-corrected chi connectivity index (χ2v) is 6.93. The second kappa shape index (κ2) is 12.1. The highest BCUT2D eigenvalue weighted by molar-refractivity contribution is 14.0. The molecular formula is C18H28IN5OS. The van der Waals surface area contributed by atoms with Crippen LogP contribution >= 0.6 is 35.3 Å². The predicted molar refractivity (Wildman–Crippen MR) is 121 cm³/mol. The molecule has 0 bridgehead atoms. The minimum Gasteiger partial charge on any atom is -0.383 e. The van der Waals surface area contributed by atoms with E-state index >= 15 is 0 Å². The van der Waals surface area contributed by atoms with Gasteiger partial charge in [-0.2, -0.15) is 0 Å². The standard InChI is InChI=1S/C18H27N5OS.HI/c1-13-17(25-14(2)23-13)12-22-18(19-3)21-11-15-5-7-16(8-6-15)20-9-10-24-4;/h5-8,20H,9-12H2,1-4H3,(H2,19,21,22);1H. The Morgan fingerprint density at radius 3 is 2.42 bits per heavy atom. The fraction of sp³-hybridized carbons (Fsp3) is 0.444. The molecule has 0 aliphatic carbocycles. The highest BCUT2D eigenvalue weighted by Gasteiger charge is 2.06. The number of thiazole rings is 1. The summed E-state index contributed by atoms with van der Waals surface area (Å²) in [4.78, 5) is 9.96. The molecule has 0 aliphatic heterocycles. The summed E-state index contributed by atoms with van der Waals surface area (Å²) in [6, 6.07) is 8.36. The molecule has 144 valence electrons. The fourth-order valence-corrected chi connectivity index (χ4v) is 3.22. The van der Waals surface area contributed by atoms with Gasteiger partial charge in [-0.1, -0.05) is 12.1 Å². The predicted octanol–water partition coefficient (Wildman–Crippen LogP) is 3.30. The van der Waals surface area contributed by atoms with Gasteiger partial charge in [0.25, 0.3) is 0 Å². The third kappa shape index (κ3) is 7.46. The molecule has 26 heavy (non-hydrogen) atoms. The Labute approximate surface area is 176 Å². The zero-order valence-electron chi connectivity index (χ0n) is 15.8. The third-order valence-electron chi connectivity index (χ3n) is 3.69. The maximum atomic E-state index is 5.03. The van der Waals surface area contributed by atoms with E-state index in [9.17, 15) is 0 Å². The van der Waals surface area contributed by atoms with Crippen LogP contribution in [0.5, 0.6) is 0 Å². The number of guanidine groups is 1. The van der Waals surface area contributed by atoms with Crippen LogP contribution in [0.1, 0.15) is 21.1 Å². The molecule has 2 rings (SSSR count). The first-order valence-electron chi connectivity index (χ1n) is 8.31. The van der Waals surface area contributed by atoms with Crippen molar-refractivity contribution in [2.24, 2.45) is 4.99 Å². The second-order valence-electron chi connectivity index (χ2n) is 5.64. The first-order valence-corrected chi connectivity index (χ1v) is 9.13. The number of rotatable bonds is 8. The van der Waals surface area contributed by atoms with E-state index in [0.29, 0.717) is 6.61 Å². The van der Waals surface area contributed by atoms with Crippen LogP contribution in [0.2, 0.25) is 0 Å². The Morgan fingerprint density at radius 2 is 1.85 bits per heavy atom. The number of hydrogen-bond acceptors (Lipinski definition) is 5. The summed E-state index contributed by atoms with van der Waals surface area (Å²) < 4.78 is 5.03. The zero-order chi connectivity index (χ0) is 18.1. The van der Waals surface area contributed by atoms with Crippen LogP contribution in [0.15, 0.2) is 29.3 Å². The Balaban J connectivity index is 0.00000338. The van der Waals surface area contributed by atoms with Crippen molar-refractivity contribution >= 4 is 47.0 Å². The van der Waals surface area contributed by atoms with Crippen molar-refractivity contribution in [1.82, 2.24) is 15.6 Å². The van der Waals surface area contributed by atoms with Crippen LogP contribution < -0.4 is 16.0 Å². The van der Waals surface area contributed by atoms with Gasteiger partial charge in [0.15, 0.2) is 5.96 Å². The number of aryl methyl sites for hydroxylation is 2. The van der Waals surface area contributed by atoms with Crippen molar-refractivity contribution < 1.29 is 4.74 Å². The lowest BCUT2D eigenvalue weighted by Gasteiger charge is -2.12. The third-order valence-corrected chi connectivity index (χ3v) is 4.76. The van der Waals surface area contributed by atoms with Crippen LogP contribution in [0.3, 0.4) is 0 Å². The molecule has 1 heterocycles. The summed E-state index contributed by atoms with van der Waals surface area (Å²) in [6.45, 7) is 7.03. The van der Waals surface area contributed by atoms with Crippen molar-refractivity contribution in [3.05, 3.63) is 45.4 Å². The van der Waals surface area contributed by atoms with Gasteiger partial charge in [0, 0.05) is 37.8 Å². The van der Waals surface area contributed by atoms with E-state index in [4.69, 9.17) is 4.74 Å². The van der Waals surface area contributed by atoms with Crippen molar-refractivity contribution in [3.63, 3.8) is 0 Å². The molecule has 0 saturated heterocycles. The number of nitrogens with zero attached hydrogens (tertiary/aromatic N) is 2. The van der Waals surface area contributed by atoms with E-state index < -0.39 is 0 Å². The molecular weight excluding hydrogens is 461 g/mol. The number of aromatic nitrogens is 1. The maximum absolute atomic E-state index is 5.03. The average Bonchev–Trinajstić information content (AvgIpc) is 2.94. The monoisotopic (exact) mass is 489 g/mol. The van der Waals surface area contributed by atoms with Crippen LogP contribution in [0.25, 0.3) is 0 Å². The van der Waals surface area contributed by atoms with Crippen molar-refractivity contribution in [3.8, 4) is 0 Å². The molecule has 0 radical (unpaired) electrons. The largest absolute Gasteiger partial charge is 0.383 e. The van der Waals surface area contributed by atoms with Crippen LogP contribution in [0.4, 0.5) is 5.69 Å². The molecule has 1 aromatic carbocycles. The Morgan fingerprint density at radius 1 is 1.15 bits per heavy atom. The number of aliphatic imine (C=N–C) groups is 1. The lowest BCUT2D eigenvalue weighted by molar-refractivity contribution is 0.211. The smallest absolute Gasteiger partial charge is 0.191 e. The van der Waals surface area contributed by atoms with Crippen molar-refractivity contribution in [2.75, 3.05) is 32.6 Å². The van der Waals surface area contributed by atoms with Gasteiger partial charge >= 0.3 is 0 Å². The van der Waals surface area contributed by atoms with E-state index in [1.54, 1.807) is 25.5 Å². The molecule has 1 aromatic heterocycles. The van der Waals surface area contributed by atoms with E-state index in [1.807, 2.05) is 13.8 Å². The molecule has 0 amide bonds. The van der Waals surface area contributed by atoms with Crippen LogP contribution in [-0.2, 0) is 17.8 Å². The summed E-state index contributed by atoms with van der Waals surface area (Å²) in [5.74, 6) is 0.785. The minimum absolute atomic E-state index is 0. The Kier molecular flexibility index (Phi) is 10.5. The SMILES string of the molecule is CN=C(NCc1ccc(NCCOC)cc1)NCc1sc(C)nc1C.I. The van der Waals surface area contributed by atoms with Gasteiger partial charge < -0.3 is 20.7 Å². The molecule has 0 unspecified atom stereocenters. The quantitative estimate of drug-likeness (QED) is 0.230. The summed E-state index contributed by atoms with van der Waals surface area (Å²) in [7, 11) is 3.48.